The van der Waals surface area contributed by atoms with E-state index in [1.807, 2.05) is 0 Å². The van der Waals surface area contributed by atoms with Crippen LogP contribution in [-0.4, -0.2) is 90.2 Å². The maximum atomic E-state index is 11.1. The second-order valence-corrected chi connectivity index (χ2v) is 4.65. The van der Waals surface area contributed by atoms with E-state index in [-0.39, 0.29) is 35.1 Å². The molecule has 0 aliphatic rings. The van der Waals surface area contributed by atoms with Crippen LogP contribution in [0.2, 0.25) is 0 Å². The van der Waals surface area contributed by atoms with Gasteiger partial charge in [-0.3, -0.25) is 0 Å². The Kier molecular flexibility index (Phi) is 9.55. The summed E-state index contributed by atoms with van der Waals surface area (Å²) in [4.78, 5) is 11.1. The van der Waals surface area contributed by atoms with Gasteiger partial charge >= 0.3 is 35.5 Å². The zero-order valence-corrected chi connectivity index (χ0v) is 11.6. The minimum atomic E-state index is -2.31. The van der Waals surface area contributed by atoms with E-state index in [0.29, 0.717) is 0 Å². The van der Waals surface area contributed by atoms with E-state index < -0.39 is 48.4 Å². The van der Waals surface area contributed by atoms with Gasteiger partial charge < -0.3 is 29.7 Å². The summed E-state index contributed by atoms with van der Waals surface area (Å²) in [5.74, 6) is -1.45. The molecule has 0 radical (unpaired) electrons. The molecule has 1 aromatic carbocycles. The fourth-order valence-corrected chi connectivity index (χ4v) is 1.95. The summed E-state index contributed by atoms with van der Waals surface area (Å²) in [7, 11) is 0. The van der Waals surface area contributed by atoms with Crippen LogP contribution >= 0.6 is 0 Å². The van der Waals surface area contributed by atoms with Crippen molar-refractivity contribution < 1.29 is 38.7 Å². The fraction of sp³-hybridized carbons (Fsp3) is 0.417. The molecule has 0 fully saturated rings. The Bertz CT molecular complexity index is 487. The van der Waals surface area contributed by atoms with Crippen molar-refractivity contribution in [2.24, 2.45) is 0 Å². The van der Waals surface area contributed by atoms with E-state index in [2.05, 4.69) is 4.18 Å². The number of thiol groups is 1. The first-order valence-electron chi connectivity index (χ1n) is 5.85. The monoisotopic (exact) mass is 344 g/mol. The van der Waals surface area contributed by atoms with Crippen molar-refractivity contribution in [1.82, 2.24) is 0 Å². The van der Waals surface area contributed by atoms with Crippen molar-refractivity contribution in [3.8, 4) is 0 Å². The van der Waals surface area contributed by atoms with Crippen LogP contribution in [0, 0.1) is 0 Å². The van der Waals surface area contributed by atoms with Crippen molar-refractivity contribution in [2.45, 2.75) is 23.9 Å². The molecule has 0 bridgehead atoms. The molecular formula is C12H17NaO8S. The third-order valence-electron chi connectivity index (χ3n) is 3.02. The molecule has 0 saturated carbocycles. The number of aliphatic hydroxyl groups excluding tert-OH is 4. The quantitative estimate of drug-likeness (QED) is 0.223. The average Bonchev–Trinajstić information content (AvgIpc) is 2.52. The Morgan fingerprint density at radius 3 is 2.23 bits per heavy atom. The van der Waals surface area contributed by atoms with Crippen LogP contribution in [0.3, 0.4) is 0 Å². The molecule has 0 heterocycles. The number of aliphatic hydroxyl groups is 5. The van der Waals surface area contributed by atoms with E-state index in [1.165, 1.54) is 24.3 Å². The summed E-state index contributed by atoms with van der Waals surface area (Å²) < 4.78 is 14.0. The van der Waals surface area contributed by atoms with Gasteiger partial charge in [-0.05, 0) is 5.56 Å². The number of benzene rings is 1. The number of rotatable bonds is 7. The van der Waals surface area contributed by atoms with Crippen molar-refractivity contribution >= 4 is 47.5 Å². The van der Waals surface area contributed by atoms with Gasteiger partial charge in [-0.25, -0.2) is 9.00 Å². The van der Waals surface area contributed by atoms with E-state index >= 15 is 0 Å². The minimum absolute atomic E-state index is 0. The average molecular weight is 344 g/mol. The first kappa shape index (κ1) is 21.6. The molecule has 0 aromatic heterocycles. The predicted octanol–water partition coefficient (Wildman–Crippen LogP) is -3.30. The summed E-state index contributed by atoms with van der Waals surface area (Å²) >= 11 is -1.04. The van der Waals surface area contributed by atoms with Gasteiger partial charge in [0.05, 0.1) is 6.61 Å². The van der Waals surface area contributed by atoms with E-state index in [4.69, 9.17) is 0 Å². The van der Waals surface area contributed by atoms with Crippen LogP contribution in [0.5, 0.6) is 0 Å². The van der Waals surface area contributed by atoms with Gasteiger partial charge in [0.2, 0.25) is 0 Å². The Morgan fingerprint density at radius 1 is 1.23 bits per heavy atom. The molecule has 0 unspecified atom stereocenters. The second kappa shape index (κ2) is 9.71. The molecule has 0 aliphatic heterocycles. The molecule has 0 spiro atoms. The van der Waals surface area contributed by atoms with Crippen LogP contribution in [0.1, 0.15) is 5.56 Å². The van der Waals surface area contributed by atoms with Crippen LogP contribution in [0.15, 0.2) is 30.3 Å². The first-order chi connectivity index (χ1) is 9.88. The number of hydrogen-bond donors (Lipinski definition) is 6. The van der Waals surface area contributed by atoms with Crippen molar-refractivity contribution in [1.29, 1.82) is 0 Å². The van der Waals surface area contributed by atoms with Gasteiger partial charge in [0.25, 0.3) is 0 Å². The molecule has 10 heteroatoms. The fourth-order valence-electron chi connectivity index (χ4n) is 1.77. The summed E-state index contributed by atoms with van der Waals surface area (Å²) in [6.45, 7) is -0.975. The van der Waals surface area contributed by atoms with Crippen molar-refractivity contribution in [3.63, 3.8) is 0 Å². The number of hydrogen-bond acceptors (Lipinski definition) is 8. The predicted molar refractivity (Wildman–Crippen MR) is 78.2 cm³/mol. The number of carbonyl (C=O) groups excluding carboxylic acids is 1. The molecule has 1 aromatic rings. The molecule has 8 nitrogen and oxygen atoms in total. The maximum absolute atomic E-state index is 11.1. The Balaban J connectivity index is 0.00000441. The zero-order valence-electron chi connectivity index (χ0n) is 10.7. The summed E-state index contributed by atoms with van der Waals surface area (Å²) in [5.41, 5.74) is -2.24. The van der Waals surface area contributed by atoms with Crippen molar-refractivity contribution in [3.05, 3.63) is 35.9 Å². The second-order valence-electron chi connectivity index (χ2n) is 4.31. The number of carbonyl (C=O) groups is 1. The summed E-state index contributed by atoms with van der Waals surface area (Å²) in [5, 5.41) is 48.8. The van der Waals surface area contributed by atoms with Gasteiger partial charge in [-0.1, -0.05) is 30.3 Å². The molecule has 0 saturated heterocycles. The van der Waals surface area contributed by atoms with Gasteiger partial charge in [0.1, 0.15) is 17.8 Å². The molecule has 5 N–H and O–H groups in total. The molecule has 22 heavy (non-hydrogen) atoms. The topological polar surface area (TPSA) is 145 Å². The summed E-state index contributed by atoms with van der Waals surface area (Å²) in [6.07, 6.45) is -6.52. The van der Waals surface area contributed by atoms with E-state index in [9.17, 15) is 34.5 Å². The van der Waals surface area contributed by atoms with Gasteiger partial charge in [-0.2, -0.15) is 0 Å². The normalized spacial score (nSPS) is 17.5. The first-order valence-corrected chi connectivity index (χ1v) is 6.58. The third-order valence-corrected chi connectivity index (χ3v) is 3.27. The Morgan fingerprint density at radius 2 is 1.77 bits per heavy atom. The van der Waals surface area contributed by atoms with Crippen LogP contribution < -0.4 is 0 Å². The van der Waals surface area contributed by atoms with Crippen LogP contribution in [-0.2, 0) is 26.5 Å². The van der Waals surface area contributed by atoms with E-state index in [1.54, 1.807) is 6.07 Å². The van der Waals surface area contributed by atoms with Crippen LogP contribution in [0.4, 0.5) is 0 Å². The van der Waals surface area contributed by atoms with E-state index in [0.717, 1.165) is 0 Å². The van der Waals surface area contributed by atoms with Gasteiger partial charge in [-0.15, -0.1) is 0 Å². The Labute approximate surface area is 152 Å². The molecule has 0 amide bonds. The summed E-state index contributed by atoms with van der Waals surface area (Å²) in [6, 6.07) is 7.44. The molecule has 120 valence electrons. The Hall–Kier alpha value is -0.360. The van der Waals surface area contributed by atoms with Gasteiger partial charge in [0, 0.05) is 0 Å². The van der Waals surface area contributed by atoms with Gasteiger partial charge in [0.15, 0.2) is 18.1 Å². The molecule has 0 aliphatic carbocycles. The molecular weight excluding hydrogens is 327 g/mol. The van der Waals surface area contributed by atoms with Crippen LogP contribution in [0.25, 0.3) is 0 Å². The standard InChI is InChI=1S/C12H16O8S.Na.H/c13-6-12(18,7-4-2-1-3-5-7)10(16)8(14)9(15)11(17)20-21-19;;/h1-5,8-10,13-16,18,21H,6H2;;/t8-,9-,10+,12+;;/m1../s1. The molecule has 1 rings (SSSR count). The van der Waals surface area contributed by atoms with Crippen molar-refractivity contribution in [2.75, 3.05) is 6.61 Å². The third kappa shape index (κ3) is 4.82. The molecule has 4 atom stereocenters. The zero-order chi connectivity index (χ0) is 16.0. The SMILES string of the molecule is O=[SH]OC(=O)[C@H](O)[C@@H](O)[C@H](O)[C@](O)(CO)c1ccccc1.[NaH].